The summed E-state index contributed by atoms with van der Waals surface area (Å²) in [6.45, 7) is 0.505. The maximum Gasteiger partial charge on any atom is 0.129 e. The Labute approximate surface area is 152 Å². The van der Waals surface area contributed by atoms with Crippen molar-refractivity contribution in [3.05, 3.63) is 72.0 Å². The summed E-state index contributed by atoms with van der Waals surface area (Å²) < 4.78 is 1.57. The fraction of sp³-hybridized carbons (Fsp3) is 0.250. The van der Waals surface area contributed by atoms with Gasteiger partial charge in [-0.3, -0.25) is 0 Å². The Morgan fingerprint density at radius 1 is 1.05 bits per heavy atom. The first-order valence-electron chi connectivity index (χ1n) is 6.60. The van der Waals surface area contributed by atoms with Crippen molar-refractivity contribution in [2.75, 3.05) is 13.6 Å². The molecule has 0 saturated heterocycles. The minimum atomic E-state index is -0.748. The second-order valence-electron chi connectivity index (χ2n) is 5.27. The molecule has 112 valence electrons. The van der Waals surface area contributed by atoms with E-state index < -0.39 is 10.8 Å². The Morgan fingerprint density at radius 2 is 1.62 bits per heavy atom. The molecule has 1 N–H and O–H groups in total. The maximum atomic E-state index is 12.7. The first kappa shape index (κ1) is 17.1. The quantitative estimate of drug-likeness (QED) is 0.376. The Kier molecular flexibility index (Phi) is 6.01. The summed E-state index contributed by atoms with van der Waals surface area (Å²) in [6.07, 6.45) is -0.748. The van der Waals surface area contributed by atoms with Crippen LogP contribution in [-0.4, -0.2) is 23.3 Å². The first-order valence-corrected chi connectivity index (χ1v) is 8.76. The number of quaternary nitrogens is 1. The van der Waals surface area contributed by atoms with E-state index in [1.807, 2.05) is 48.5 Å². The molecule has 2 atom stereocenters. The predicted molar refractivity (Wildman–Crippen MR) is 101 cm³/mol. The zero-order valence-electron chi connectivity index (χ0n) is 11.7. The molecule has 5 heteroatoms. The molecule has 0 radical (unpaired) electrons. The molecule has 0 aliphatic carbocycles. The van der Waals surface area contributed by atoms with Crippen LogP contribution in [0, 0.1) is 12.3 Å². The Morgan fingerprint density at radius 3 is 2.24 bits per heavy atom. The first-order chi connectivity index (χ1) is 9.89. The lowest BCUT2D eigenvalue weighted by atomic mass is 10.1. The minimum absolute atomic E-state index is 0.144. The molecular weight excluding hydrogens is 492 g/mol. The van der Waals surface area contributed by atoms with Crippen molar-refractivity contribution < 1.29 is 9.75 Å². The highest BCUT2D eigenvalue weighted by Gasteiger charge is 2.21. The van der Waals surface area contributed by atoms with Gasteiger partial charge in [0.15, 0.2) is 0 Å². The van der Waals surface area contributed by atoms with Gasteiger partial charge < -0.3 is 15.0 Å². The molecule has 2 aromatic rings. The van der Waals surface area contributed by atoms with E-state index >= 15 is 0 Å². The maximum absolute atomic E-state index is 12.7. The summed E-state index contributed by atoms with van der Waals surface area (Å²) >= 11 is 4.42. The molecule has 2 aromatic carbocycles. The van der Waals surface area contributed by atoms with Gasteiger partial charge in [0, 0.05) is 12.7 Å². The van der Waals surface area contributed by atoms with Crippen LogP contribution < -0.4 is 0 Å². The Hall–Kier alpha value is -0.220. The van der Waals surface area contributed by atoms with Gasteiger partial charge in [-0.15, -0.1) is 0 Å². The highest BCUT2D eigenvalue weighted by atomic mass is 127. The van der Waals surface area contributed by atoms with E-state index in [0.717, 1.165) is 18.3 Å². The number of hydrogen-bond donors (Lipinski definition) is 1. The SMILES string of the molecule is C[N+]([O-])(Cc1ccccc1I)C[C@@H](O)c1ccccc1I. The van der Waals surface area contributed by atoms with Crippen molar-refractivity contribution in [2.45, 2.75) is 12.6 Å². The molecule has 0 spiro atoms. The number of aliphatic hydroxyl groups excluding tert-OH is 1. The lowest BCUT2D eigenvalue weighted by Crippen LogP contribution is -2.40. The number of rotatable bonds is 5. The highest BCUT2D eigenvalue weighted by Crippen LogP contribution is 2.24. The molecule has 0 fully saturated rings. The third kappa shape index (κ3) is 4.88. The number of aliphatic hydroxyl groups is 1. The molecule has 0 amide bonds. The van der Waals surface area contributed by atoms with Crippen molar-refractivity contribution in [3.8, 4) is 0 Å². The van der Waals surface area contributed by atoms with E-state index in [2.05, 4.69) is 45.2 Å². The molecule has 0 aliphatic heterocycles. The number of hydroxylamine groups is 3. The summed E-state index contributed by atoms with van der Waals surface area (Å²) in [5.74, 6) is 0. The van der Waals surface area contributed by atoms with Gasteiger partial charge >= 0.3 is 0 Å². The average molecular weight is 509 g/mol. The van der Waals surface area contributed by atoms with Gasteiger partial charge in [-0.2, -0.15) is 0 Å². The Bertz CT molecular complexity index is 617. The summed E-state index contributed by atoms with van der Waals surface area (Å²) in [4.78, 5) is 0. The van der Waals surface area contributed by atoms with Crippen LogP contribution in [0.1, 0.15) is 17.2 Å². The van der Waals surface area contributed by atoms with E-state index in [9.17, 15) is 10.3 Å². The monoisotopic (exact) mass is 509 g/mol. The van der Waals surface area contributed by atoms with Gasteiger partial charge in [0.25, 0.3) is 0 Å². The highest BCUT2D eigenvalue weighted by molar-refractivity contribution is 14.1. The van der Waals surface area contributed by atoms with Crippen LogP contribution >= 0.6 is 45.2 Å². The lowest BCUT2D eigenvalue weighted by Gasteiger charge is -2.40. The van der Waals surface area contributed by atoms with Crippen LogP contribution in [0.15, 0.2) is 48.5 Å². The van der Waals surface area contributed by atoms with Crippen LogP contribution in [0.3, 0.4) is 0 Å². The van der Waals surface area contributed by atoms with Crippen LogP contribution in [0.5, 0.6) is 0 Å². The summed E-state index contributed by atoms with van der Waals surface area (Å²) in [5, 5.41) is 23.1. The second kappa shape index (κ2) is 7.36. The minimum Gasteiger partial charge on any atom is -0.633 e. The van der Waals surface area contributed by atoms with Gasteiger partial charge in [0.2, 0.25) is 0 Å². The lowest BCUT2D eigenvalue weighted by molar-refractivity contribution is -0.878. The molecule has 2 rings (SSSR count). The topological polar surface area (TPSA) is 43.3 Å². The van der Waals surface area contributed by atoms with Crippen LogP contribution in [0.25, 0.3) is 0 Å². The Balaban J connectivity index is 2.10. The van der Waals surface area contributed by atoms with Crippen molar-refractivity contribution in [1.82, 2.24) is 0 Å². The molecule has 0 saturated carbocycles. The number of likely N-dealkylation sites (N-methyl/N-ethyl adjacent to an activating group) is 1. The predicted octanol–water partition coefficient (Wildman–Crippen LogP) is 4.07. The fourth-order valence-electron chi connectivity index (χ4n) is 2.26. The molecule has 0 aliphatic rings. The van der Waals surface area contributed by atoms with E-state index in [0.29, 0.717) is 6.54 Å². The smallest absolute Gasteiger partial charge is 0.129 e. The molecule has 0 aromatic heterocycles. The second-order valence-corrected chi connectivity index (χ2v) is 7.59. The third-order valence-electron chi connectivity index (χ3n) is 3.29. The van der Waals surface area contributed by atoms with Crippen LogP contribution in [0.4, 0.5) is 0 Å². The summed E-state index contributed by atoms with van der Waals surface area (Å²) in [6, 6.07) is 15.5. The molecule has 0 heterocycles. The molecule has 3 nitrogen and oxygen atoms in total. The van der Waals surface area contributed by atoms with E-state index in [-0.39, 0.29) is 6.54 Å². The summed E-state index contributed by atoms with van der Waals surface area (Å²) in [5.41, 5.74) is 1.84. The average Bonchev–Trinajstić information content (AvgIpc) is 2.41. The third-order valence-corrected chi connectivity index (χ3v) is 5.32. The molecule has 1 unspecified atom stereocenters. The fourth-order valence-corrected chi connectivity index (χ4v) is 3.57. The van der Waals surface area contributed by atoms with Gasteiger partial charge in [-0.05, 0) is 62.9 Å². The van der Waals surface area contributed by atoms with Crippen molar-refractivity contribution >= 4 is 45.2 Å². The van der Waals surface area contributed by atoms with Crippen LogP contribution in [-0.2, 0) is 6.54 Å². The number of benzene rings is 2. The zero-order valence-corrected chi connectivity index (χ0v) is 16.0. The van der Waals surface area contributed by atoms with Gasteiger partial charge in [0.05, 0.1) is 7.05 Å². The van der Waals surface area contributed by atoms with E-state index in [1.54, 1.807) is 7.05 Å². The normalized spacial score (nSPS) is 15.5. The summed E-state index contributed by atoms with van der Waals surface area (Å²) in [7, 11) is 1.61. The van der Waals surface area contributed by atoms with Crippen molar-refractivity contribution in [2.24, 2.45) is 0 Å². The number of halogens is 2. The van der Waals surface area contributed by atoms with E-state index in [1.165, 1.54) is 0 Å². The van der Waals surface area contributed by atoms with Crippen LogP contribution in [0.2, 0.25) is 0 Å². The van der Waals surface area contributed by atoms with Crippen molar-refractivity contribution in [3.63, 3.8) is 0 Å². The number of hydrogen-bond acceptors (Lipinski definition) is 2. The standard InChI is InChI=1S/C16H17I2NO2/c1-19(21,10-12-6-2-4-8-14(12)17)11-16(20)13-7-3-5-9-15(13)18/h2-9,16,20H,10-11H2,1H3/t16-,19?/m1/s1. The largest absolute Gasteiger partial charge is 0.633 e. The van der Waals surface area contributed by atoms with Gasteiger partial charge in [-0.1, -0.05) is 36.4 Å². The van der Waals surface area contributed by atoms with Gasteiger partial charge in [-0.25, -0.2) is 0 Å². The zero-order chi connectivity index (χ0) is 15.5. The number of nitrogens with zero attached hydrogens (tertiary/aromatic N) is 1. The van der Waals surface area contributed by atoms with E-state index in [4.69, 9.17) is 0 Å². The molecule has 0 bridgehead atoms. The molecule has 21 heavy (non-hydrogen) atoms. The van der Waals surface area contributed by atoms with Gasteiger partial charge in [0.1, 0.15) is 19.2 Å². The van der Waals surface area contributed by atoms with Crippen molar-refractivity contribution in [1.29, 1.82) is 0 Å². The molecular formula is C16H17I2NO2.